The summed E-state index contributed by atoms with van der Waals surface area (Å²) in [7, 11) is 0. The summed E-state index contributed by atoms with van der Waals surface area (Å²) in [6, 6.07) is 8.20. The summed E-state index contributed by atoms with van der Waals surface area (Å²) in [6.45, 7) is 8.21. The van der Waals surface area contributed by atoms with E-state index in [1.807, 2.05) is 24.4 Å². The van der Waals surface area contributed by atoms with Crippen LogP contribution in [0, 0.1) is 5.92 Å². The molecule has 2 fully saturated rings. The first-order valence-corrected chi connectivity index (χ1v) is 14.0. The minimum absolute atomic E-state index is 0.456. The van der Waals surface area contributed by atoms with E-state index in [0.717, 1.165) is 66.5 Å². The van der Waals surface area contributed by atoms with Crippen LogP contribution < -0.4 is 15.0 Å². The molecule has 5 heterocycles. The molecule has 0 aliphatic carbocycles. The number of aromatic nitrogens is 3. The highest BCUT2D eigenvalue weighted by atomic mass is 16.5. The Bertz CT molecular complexity index is 1240. The molecule has 6 bridgehead atoms. The Morgan fingerprint density at radius 3 is 2.82 bits per heavy atom. The van der Waals surface area contributed by atoms with Gasteiger partial charge in [0.2, 0.25) is 5.95 Å². The van der Waals surface area contributed by atoms with Crippen LogP contribution in [0.4, 0.5) is 17.5 Å². The zero-order valence-corrected chi connectivity index (χ0v) is 22.0. The van der Waals surface area contributed by atoms with E-state index in [1.54, 1.807) is 0 Å². The van der Waals surface area contributed by atoms with Crippen LogP contribution in [0.2, 0.25) is 0 Å². The number of hydrogen-bond donors (Lipinski definition) is 2. The molecule has 9 heteroatoms. The summed E-state index contributed by atoms with van der Waals surface area (Å²) in [5.41, 5.74) is 2.75. The SMILES string of the molecule is C1=C/COCC2CCCN(C2)c2nc(nc3[nH]ccc23)Nc2ccc(OCCN3CCCC3)c(c2)COC/1. The van der Waals surface area contributed by atoms with Crippen molar-refractivity contribution in [3.05, 3.63) is 48.2 Å². The Kier molecular flexibility index (Phi) is 8.04. The van der Waals surface area contributed by atoms with Gasteiger partial charge in [-0.15, -0.1) is 0 Å². The van der Waals surface area contributed by atoms with E-state index >= 15 is 0 Å². The fraction of sp³-hybridized carbons (Fsp3) is 0.517. The van der Waals surface area contributed by atoms with Gasteiger partial charge < -0.3 is 29.4 Å². The normalized spacial score (nSPS) is 22.0. The van der Waals surface area contributed by atoms with Gasteiger partial charge in [-0.3, -0.25) is 4.90 Å². The van der Waals surface area contributed by atoms with Crippen molar-refractivity contribution >= 4 is 28.5 Å². The lowest BCUT2D eigenvalue weighted by Crippen LogP contribution is -2.38. The Morgan fingerprint density at radius 1 is 1.00 bits per heavy atom. The van der Waals surface area contributed by atoms with Gasteiger partial charge >= 0.3 is 0 Å². The molecule has 0 saturated carbocycles. The molecule has 2 N–H and O–H groups in total. The van der Waals surface area contributed by atoms with Crippen molar-refractivity contribution in [3.8, 4) is 5.75 Å². The summed E-state index contributed by atoms with van der Waals surface area (Å²) in [4.78, 5) is 17.9. The Morgan fingerprint density at radius 2 is 1.89 bits per heavy atom. The lowest BCUT2D eigenvalue weighted by molar-refractivity contribution is 0.114. The van der Waals surface area contributed by atoms with Gasteiger partial charge in [-0.2, -0.15) is 9.97 Å². The maximum Gasteiger partial charge on any atom is 0.231 e. The van der Waals surface area contributed by atoms with E-state index in [0.29, 0.717) is 38.3 Å². The summed E-state index contributed by atoms with van der Waals surface area (Å²) >= 11 is 0. The minimum atomic E-state index is 0.456. The van der Waals surface area contributed by atoms with Gasteiger partial charge in [-0.25, -0.2) is 0 Å². The molecule has 3 aliphatic heterocycles. The predicted octanol–water partition coefficient (Wildman–Crippen LogP) is 4.50. The predicted molar refractivity (Wildman–Crippen MR) is 149 cm³/mol. The summed E-state index contributed by atoms with van der Waals surface area (Å²) < 4.78 is 18.2. The van der Waals surface area contributed by atoms with Gasteiger partial charge in [0.25, 0.3) is 0 Å². The number of nitrogens with one attached hydrogen (secondary N) is 2. The van der Waals surface area contributed by atoms with E-state index in [2.05, 4.69) is 38.3 Å². The summed E-state index contributed by atoms with van der Waals surface area (Å²) in [5, 5.41) is 4.49. The quantitative estimate of drug-likeness (QED) is 0.489. The Hall–Kier alpha value is -3.14. The van der Waals surface area contributed by atoms with Crippen LogP contribution in [0.1, 0.15) is 31.2 Å². The summed E-state index contributed by atoms with van der Waals surface area (Å²) in [6.07, 6.45) is 10.9. The van der Waals surface area contributed by atoms with Crippen LogP contribution in [0.5, 0.6) is 5.75 Å². The van der Waals surface area contributed by atoms with Crippen molar-refractivity contribution in [2.24, 2.45) is 5.92 Å². The number of anilines is 3. The third kappa shape index (κ3) is 6.11. The van der Waals surface area contributed by atoms with Crippen LogP contribution in [0.25, 0.3) is 11.0 Å². The standard InChI is InChI=1S/C29H38N6O3/c1-2-12-34(11-1)14-17-38-26-8-7-24-18-23(26)21-37-16-4-3-15-36-20-22-6-5-13-35(19-22)28-25-9-10-30-27(25)32-29(31-24)33-28/h3-4,7-10,18,22H,1-2,5-6,11-17,19-21H2,(H2,30,31,32,33)/b4-3+. The van der Waals surface area contributed by atoms with Crippen LogP contribution in [-0.2, 0) is 16.1 Å². The first-order chi connectivity index (χ1) is 18.8. The maximum absolute atomic E-state index is 6.22. The average molecular weight is 519 g/mol. The topological polar surface area (TPSA) is 87.8 Å². The molecule has 1 unspecified atom stereocenters. The summed E-state index contributed by atoms with van der Waals surface area (Å²) in [5.74, 6) is 2.88. The molecule has 38 heavy (non-hydrogen) atoms. The van der Waals surface area contributed by atoms with Gasteiger partial charge in [0.1, 0.15) is 23.8 Å². The fourth-order valence-corrected chi connectivity index (χ4v) is 5.62. The smallest absolute Gasteiger partial charge is 0.231 e. The maximum atomic E-state index is 6.22. The molecule has 3 aromatic rings. The van der Waals surface area contributed by atoms with Gasteiger partial charge in [0.15, 0.2) is 0 Å². The number of piperidine rings is 1. The second kappa shape index (κ2) is 12.1. The number of aromatic amines is 1. The van der Waals surface area contributed by atoms with Gasteiger partial charge in [-0.1, -0.05) is 12.2 Å². The number of benzene rings is 1. The van der Waals surface area contributed by atoms with Crippen molar-refractivity contribution in [3.63, 3.8) is 0 Å². The molecule has 1 atom stereocenters. The highest BCUT2D eigenvalue weighted by Crippen LogP contribution is 2.31. The fourth-order valence-electron chi connectivity index (χ4n) is 5.62. The molecule has 9 nitrogen and oxygen atoms in total. The molecule has 202 valence electrons. The van der Waals surface area contributed by atoms with E-state index in [4.69, 9.17) is 24.2 Å². The number of hydrogen-bond acceptors (Lipinski definition) is 8. The lowest BCUT2D eigenvalue weighted by Gasteiger charge is -2.33. The van der Waals surface area contributed by atoms with Crippen LogP contribution in [-0.4, -0.2) is 79.0 Å². The van der Waals surface area contributed by atoms with E-state index in [9.17, 15) is 0 Å². The Balaban J connectivity index is 1.27. The number of likely N-dealkylation sites (tertiary alicyclic amines) is 1. The molecule has 0 amide bonds. The zero-order chi connectivity index (χ0) is 25.6. The van der Waals surface area contributed by atoms with E-state index in [1.165, 1.54) is 32.4 Å². The molecular formula is C29H38N6O3. The minimum Gasteiger partial charge on any atom is -0.492 e. The lowest BCUT2D eigenvalue weighted by atomic mass is 9.99. The number of ether oxygens (including phenoxy) is 3. The molecule has 2 saturated heterocycles. The zero-order valence-electron chi connectivity index (χ0n) is 22.0. The van der Waals surface area contributed by atoms with E-state index in [-0.39, 0.29) is 0 Å². The molecule has 0 radical (unpaired) electrons. The van der Waals surface area contributed by atoms with Crippen LogP contribution in [0.3, 0.4) is 0 Å². The van der Waals surface area contributed by atoms with Gasteiger partial charge in [-0.05, 0) is 69.0 Å². The molecule has 0 spiro atoms. The average Bonchev–Trinajstić information content (AvgIpc) is 3.63. The van der Waals surface area contributed by atoms with Gasteiger partial charge in [0.05, 0.1) is 31.8 Å². The van der Waals surface area contributed by atoms with Crippen molar-refractivity contribution in [1.82, 2.24) is 19.9 Å². The monoisotopic (exact) mass is 518 g/mol. The van der Waals surface area contributed by atoms with Crippen molar-refractivity contribution < 1.29 is 14.2 Å². The molecule has 3 aliphatic rings. The number of nitrogens with zero attached hydrogens (tertiary/aromatic N) is 4. The highest BCUT2D eigenvalue weighted by Gasteiger charge is 2.24. The first-order valence-electron chi connectivity index (χ1n) is 14.0. The third-order valence-electron chi connectivity index (χ3n) is 7.60. The van der Waals surface area contributed by atoms with Crippen molar-refractivity contribution in [2.45, 2.75) is 32.3 Å². The largest absolute Gasteiger partial charge is 0.492 e. The molecule has 1 aromatic carbocycles. The number of H-pyrrole nitrogens is 1. The number of fused-ring (bicyclic) bond motifs is 9. The molecule has 6 rings (SSSR count). The van der Waals surface area contributed by atoms with Crippen LogP contribution >= 0.6 is 0 Å². The highest BCUT2D eigenvalue weighted by molar-refractivity contribution is 5.89. The van der Waals surface area contributed by atoms with Crippen LogP contribution in [0.15, 0.2) is 42.6 Å². The van der Waals surface area contributed by atoms with Gasteiger partial charge in [0, 0.05) is 37.1 Å². The van der Waals surface area contributed by atoms with Crippen molar-refractivity contribution in [2.75, 3.05) is 69.4 Å². The molecular weight excluding hydrogens is 480 g/mol. The first kappa shape index (κ1) is 25.2. The Labute approximate surface area is 224 Å². The second-order valence-electron chi connectivity index (χ2n) is 10.4. The molecule has 2 aromatic heterocycles. The number of rotatable bonds is 4. The third-order valence-corrected chi connectivity index (χ3v) is 7.60. The second-order valence-corrected chi connectivity index (χ2v) is 10.4. The van der Waals surface area contributed by atoms with Crippen molar-refractivity contribution in [1.29, 1.82) is 0 Å². The van der Waals surface area contributed by atoms with E-state index < -0.39 is 0 Å².